The Hall–Kier alpha value is -2.51. The number of aromatic nitrogens is 4. The molecule has 0 bridgehead atoms. The maximum atomic E-state index is 5.39. The highest BCUT2D eigenvalue weighted by Gasteiger charge is 2.20. The first-order chi connectivity index (χ1) is 13.5. The predicted molar refractivity (Wildman–Crippen MR) is 110 cm³/mol. The molecule has 0 atom stereocenters. The Labute approximate surface area is 165 Å². The zero-order chi connectivity index (χ0) is 19.7. The summed E-state index contributed by atoms with van der Waals surface area (Å²) in [6, 6.07) is 8.58. The molecule has 7 nitrogen and oxygen atoms in total. The molecule has 3 heterocycles. The monoisotopic (exact) mass is 380 g/mol. The first kappa shape index (κ1) is 18.8. The van der Waals surface area contributed by atoms with Gasteiger partial charge in [0.05, 0.1) is 30.2 Å². The minimum absolute atomic E-state index is 0.614. The van der Waals surface area contributed by atoms with Crippen LogP contribution in [0.4, 0.5) is 0 Å². The smallest absolute Gasteiger partial charge is 0.119 e. The number of piperazine rings is 1. The van der Waals surface area contributed by atoms with Crippen molar-refractivity contribution in [3.8, 4) is 11.4 Å². The number of hydrogen-bond acceptors (Lipinski definition) is 6. The topological polar surface area (TPSA) is 59.3 Å². The normalized spacial score (nSPS) is 16.2. The SMILES string of the molecule is COc1ccc2nc(C)cc(-n3cc(CN4CCN(C(C)C)CC4)nn3)c2c1. The molecule has 148 valence electrons. The van der Waals surface area contributed by atoms with Gasteiger partial charge in [0.2, 0.25) is 0 Å². The minimum Gasteiger partial charge on any atom is -0.497 e. The zero-order valence-electron chi connectivity index (χ0n) is 17.1. The van der Waals surface area contributed by atoms with Crippen molar-refractivity contribution in [1.29, 1.82) is 0 Å². The molecular weight excluding hydrogens is 352 g/mol. The summed E-state index contributed by atoms with van der Waals surface area (Å²) in [6.45, 7) is 11.7. The molecule has 0 radical (unpaired) electrons. The van der Waals surface area contributed by atoms with Crippen LogP contribution in [0.3, 0.4) is 0 Å². The lowest BCUT2D eigenvalue weighted by Gasteiger charge is -2.36. The van der Waals surface area contributed by atoms with Crippen LogP contribution in [0.25, 0.3) is 16.6 Å². The molecule has 28 heavy (non-hydrogen) atoms. The summed E-state index contributed by atoms with van der Waals surface area (Å²) >= 11 is 0. The van der Waals surface area contributed by atoms with Crippen LogP contribution in [0.5, 0.6) is 5.75 Å². The number of nitrogens with zero attached hydrogens (tertiary/aromatic N) is 6. The second-order valence-electron chi connectivity index (χ2n) is 7.73. The van der Waals surface area contributed by atoms with Gasteiger partial charge in [0.15, 0.2) is 0 Å². The molecule has 0 amide bonds. The van der Waals surface area contributed by atoms with Crippen LogP contribution in [0.1, 0.15) is 25.2 Å². The van der Waals surface area contributed by atoms with Crippen LogP contribution < -0.4 is 4.74 Å². The van der Waals surface area contributed by atoms with Crippen molar-refractivity contribution in [2.75, 3.05) is 33.3 Å². The molecule has 7 heteroatoms. The van der Waals surface area contributed by atoms with Gasteiger partial charge in [-0.05, 0) is 45.0 Å². The van der Waals surface area contributed by atoms with Crippen LogP contribution >= 0.6 is 0 Å². The van der Waals surface area contributed by atoms with Crippen molar-refractivity contribution >= 4 is 10.9 Å². The van der Waals surface area contributed by atoms with E-state index in [9.17, 15) is 0 Å². The highest BCUT2D eigenvalue weighted by molar-refractivity contribution is 5.88. The third-order valence-corrected chi connectivity index (χ3v) is 5.43. The summed E-state index contributed by atoms with van der Waals surface area (Å²) < 4.78 is 7.25. The van der Waals surface area contributed by atoms with Crippen molar-refractivity contribution in [2.45, 2.75) is 33.4 Å². The maximum absolute atomic E-state index is 5.39. The number of ether oxygens (including phenoxy) is 1. The van der Waals surface area contributed by atoms with E-state index >= 15 is 0 Å². The third-order valence-electron chi connectivity index (χ3n) is 5.43. The van der Waals surface area contributed by atoms with Crippen molar-refractivity contribution in [1.82, 2.24) is 29.8 Å². The van der Waals surface area contributed by atoms with Crippen molar-refractivity contribution < 1.29 is 4.74 Å². The van der Waals surface area contributed by atoms with E-state index in [1.54, 1.807) is 7.11 Å². The van der Waals surface area contributed by atoms with E-state index < -0.39 is 0 Å². The van der Waals surface area contributed by atoms with Crippen LogP contribution in [0, 0.1) is 6.92 Å². The van der Waals surface area contributed by atoms with Crippen LogP contribution in [-0.2, 0) is 6.54 Å². The van der Waals surface area contributed by atoms with Gasteiger partial charge in [-0.3, -0.25) is 14.8 Å². The largest absolute Gasteiger partial charge is 0.497 e. The summed E-state index contributed by atoms with van der Waals surface area (Å²) in [7, 11) is 1.68. The fourth-order valence-electron chi connectivity index (χ4n) is 3.79. The zero-order valence-corrected chi connectivity index (χ0v) is 17.1. The predicted octanol–water partition coefficient (Wildman–Crippen LogP) is 2.66. The summed E-state index contributed by atoms with van der Waals surface area (Å²) in [5.74, 6) is 0.808. The second-order valence-corrected chi connectivity index (χ2v) is 7.73. The molecule has 1 aliphatic heterocycles. The number of fused-ring (bicyclic) bond motifs is 1. The lowest BCUT2D eigenvalue weighted by atomic mass is 10.1. The van der Waals surface area contributed by atoms with Gasteiger partial charge in [0, 0.05) is 49.8 Å². The molecule has 1 aliphatic rings. The van der Waals surface area contributed by atoms with Gasteiger partial charge in [-0.2, -0.15) is 0 Å². The second kappa shape index (κ2) is 7.85. The van der Waals surface area contributed by atoms with Gasteiger partial charge in [0.25, 0.3) is 0 Å². The number of rotatable bonds is 5. The summed E-state index contributed by atoms with van der Waals surface area (Å²) in [4.78, 5) is 9.60. The Kier molecular flexibility index (Phi) is 5.28. The van der Waals surface area contributed by atoms with E-state index in [2.05, 4.69) is 38.9 Å². The fourth-order valence-corrected chi connectivity index (χ4v) is 3.79. The molecule has 0 spiro atoms. The van der Waals surface area contributed by atoms with E-state index in [1.165, 1.54) is 0 Å². The molecule has 1 saturated heterocycles. The Morgan fingerprint density at radius 2 is 1.89 bits per heavy atom. The van der Waals surface area contributed by atoms with Crippen LogP contribution in [-0.4, -0.2) is 69.1 Å². The Morgan fingerprint density at radius 3 is 2.61 bits per heavy atom. The Bertz CT molecular complexity index is 959. The number of aryl methyl sites for hydroxylation is 1. The summed E-state index contributed by atoms with van der Waals surface area (Å²) in [5.41, 5.74) is 3.85. The molecule has 3 aromatic rings. The maximum Gasteiger partial charge on any atom is 0.119 e. The van der Waals surface area contributed by atoms with E-state index in [0.29, 0.717) is 6.04 Å². The third kappa shape index (κ3) is 3.86. The quantitative estimate of drug-likeness (QED) is 0.678. The van der Waals surface area contributed by atoms with E-state index in [1.807, 2.05) is 42.1 Å². The first-order valence-corrected chi connectivity index (χ1v) is 9.87. The Balaban J connectivity index is 1.56. The summed E-state index contributed by atoms with van der Waals surface area (Å²) in [6.07, 6.45) is 2.03. The van der Waals surface area contributed by atoms with Gasteiger partial charge in [0.1, 0.15) is 5.75 Å². The van der Waals surface area contributed by atoms with E-state index in [0.717, 1.165) is 66.5 Å². The van der Waals surface area contributed by atoms with E-state index in [4.69, 9.17) is 4.74 Å². The molecule has 0 unspecified atom stereocenters. The molecule has 1 fully saturated rings. The number of methoxy groups -OCH3 is 1. The number of pyridine rings is 1. The highest BCUT2D eigenvalue weighted by Crippen LogP contribution is 2.26. The van der Waals surface area contributed by atoms with E-state index in [-0.39, 0.29) is 0 Å². The molecule has 2 aromatic heterocycles. The molecule has 4 rings (SSSR count). The van der Waals surface area contributed by atoms with Gasteiger partial charge in [-0.1, -0.05) is 5.21 Å². The Morgan fingerprint density at radius 1 is 1.11 bits per heavy atom. The lowest BCUT2D eigenvalue weighted by molar-refractivity contribution is 0.103. The van der Waals surface area contributed by atoms with Gasteiger partial charge in [-0.25, -0.2) is 4.68 Å². The number of benzene rings is 1. The molecule has 0 N–H and O–H groups in total. The molecule has 1 aromatic carbocycles. The first-order valence-electron chi connectivity index (χ1n) is 9.87. The fraction of sp³-hybridized carbons (Fsp3) is 0.476. The standard InChI is InChI=1S/C21H28N6O/c1-15(2)26-9-7-25(8-10-26)13-17-14-27(24-23-17)21-11-16(3)22-20-6-5-18(28-4)12-19(20)21/h5-6,11-12,14-15H,7-10,13H2,1-4H3. The van der Waals surface area contributed by atoms with Crippen molar-refractivity contribution in [3.63, 3.8) is 0 Å². The molecule has 0 aliphatic carbocycles. The highest BCUT2D eigenvalue weighted by atomic mass is 16.5. The average Bonchev–Trinajstić information content (AvgIpc) is 3.15. The minimum atomic E-state index is 0.614. The molecule has 0 saturated carbocycles. The molecular formula is C21H28N6O. The van der Waals surface area contributed by atoms with Crippen LogP contribution in [0.2, 0.25) is 0 Å². The van der Waals surface area contributed by atoms with Crippen molar-refractivity contribution in [2.24, 2.45) is 0 Å². The van der Waals surface area contributed by atoms with Gasteiger partial charge >= 0.3 is 0 Å². The van der Waals surface area contributed by atoms with Crippen LogP contribution in [0.15, 0.2) is 30.5 Å². The average molecular weight is 380 g/mol. The number of hydrogen-bond donors (Lipinski definition) is 0. The lowest BCUT2D eigenvalue weighted by Crippen LogP contribution is -2.48. The van der Waals surface area contributed by atoms with Gasteiger partial charge < -0.3 is 4.74 Å². The van der Waals surface area contributed by atoms with Gasteiger partial charge in [-0.15, -0.1) is 5.10 Å². The van der Waals surface area contributed by atoms with Crippen molar-refractivity contribution in [3.05, 3.63) is 41.9 Å². The summed E-state index contributed by atoms with van der Waals surface area (Å²) in [5, 5.41) is 9.84.